The van der Waals surface area contributed by atoms with Crippen LogP contribution < -0.4 is 4.74 Å². The molecular weight excluding hydrogens is 337 g/mol. The molecule has 1 saturated heterocycles. The number of likely N-dealkylation sites (tertiary alicyclic amines) is 1. The first-order valence-corrected chi connectivity index (χ1v) is 9.10. The smallest absolute Gasteiger partial charge is 0.260 e. The van der Waals surface area contributed by atoms with Crippen molar-refractivity contribution in [1.29, 1.82) is 0 Å². The van der Waals surface area contributed by atoms with E-state index in [1.807, 2.05) is 11.8 Å². The van der Waals surface area contributed by atoms with Gasteiger partial charge in [0.05, 0.1) is 5.41 Å². The molecule has 1 aliphatic carbocycles. The van der Waals surface area contributed by atoms with Gasteiger partial charge in [-0.15, -0.1) is 0 Å². The van der Waals surface area contributed by atoms with E-state index in [-0.39, 0.29) is 23.7 Å². The first-order valence-electron chi connectivity index (χ1n) is 9.10. The molecule has 1 amide bonds. The third kappa shape index (κ3) is 2.95. The molecule has 2 atom stereocenters. The first kappa shape index (κ1) is 17.0. The molecule has 2 fully saturated rings. The zero-order chi connectivity index (χ0) is 18.1. The van der Waals surface area contributed by atoms with Gasteiger partial charge in [-0.2, -0.15) is 4.98 Å². The van der Waals surface area contributed by atoms with Crippen LogP contribution in [0.15, 0.2) is 28.8 Å². The highest BCUT2D eigenvalue weighted by Crippen LogP contribution is 2.49. The van der Waals surface area contributed by atoms with Crippen LogP contribution in [0, 0.1) is 11.7 Å². The lowest BCUT2D eigenvalue weighted by Crippen LogP contribution is -2.37. The largest absolute Gasteiger partial charge is 0.484 e. The Labute approximate surface area is 151 Å². The van der Waals surface area contributed by atoms with Gasteiger partial charge in [0.1, 0.15) is 11.6 Å². The summed E-state index contributed by atoms with van der Waals surface area (Å²) in [5.41, 5.74) is -0.192. The van der Waals surface area contributed by atoms with Crippen LogP contribution in [0.3, 0.4) is 0 Å². The fourth-order valence-electron chi connectivity index (χ4n) is 4.21. The molecule has 0 spiro atoms. The minimum Gasteiger partial charge on any atom is -0.484 e. The van der Waals surface area contributed by atoms with Crippen LogP contribution >= 0.6 is 0 Å². The average molecular weight is 359 g/mol. The Hall–Kier alpha value is -2.44. The maximum atomic E-state index is 12.9. The van der Waals surface area contributed by atoms with Gasteiger partial charge in [-0.3, -0.25) is 4.79 Å². The average Bonchev–Trinajstić information content (AvgIpc) is 3.34. The van der Waals surface area contributed by atoms with Gasteiger partial charge >= 0.3 is 0 Å². The van der Waals surface area contributed by atoms with Crippen LogP contribution in [0.25, 0.3) is 0 Å². The number of benzene rings is 1. The number of halogens is 1. The van der Waals surface area contributed by atoms with Crippen molar-refractivity contribution in [3.05, 3.63) is 41.8 Å². The monoisotopic (exact) mass is 359 g/mol. The summed E-state index contributed by atoms with van der Waals surface area (Å²) >= 11 is 0. The minimum atomic E-state index is -0.329. The van der Waals surface area contributed by atoms with Crippen LogP contribution in [-0.2, 0) is 16.6 Å². The van der Waals surface area contributed by atoms with Crippen molar-refractivity contribution >= 4 is 5.91 Å². The SMILES string of the molecule is CCc1nc(C23CCCC2CN(C(=O)COc2ccc(F)cc2)C3)no1. The van der Waals surface area contributed by atoms with Crippen LogP contribution in [0.5, 0.6) is 5.75 Å². The Morgan fingerprint density at radius 3 is 2.96 bits per heavy atom. The van der Waals surface area contributed by atoms with Gasteiger partial charge in [0, 0.05) is 19.5 Å². The van der Waals surface area contributed by atoms with Gasteiger partial charge in [0.25, 0.3) is 5.91 Å². The summed E-state index contributed by atoms with van der Waals surface area (Å²) in [6, 6.07) is 5.68. The Morgan fingerprint density at radius 2 is 2.23 bits per heavy atom. The lowest BCUT2D eigenvalue weighted by atomic mass is 9.80. The number of carbonyl (C=O) groups is 1. The highest BCUT2D eigenvalue weighted by Gasteiger charge is 2.54. The van der Waals surface area contributed by atoms with E-state index in [2.05, 4.69) is 10.1 Å². The van der Waals surface area contributed by atoms with Crippen molar-refractivity contribution < 1.29 is 18.4 Å². The molecule has 2 aliphatic rings. The second kappa shape index (κ2) is 6.70. The third-order valence-electron chi connectivity index (χ3n) is 5.62. The molecule has 2 heterocycles. The fraction of sp³-hybridized carbons (Fsp3) is 0.526. The summed E-state index contributed by atoms with van der Waals surface area (Å²) in [5.74, 6) is 1.84. The molecule has 4 rings (SSSR count). The van der Waals surface area contributed by atoms with E-state index in [9.17, 15) is 9.18 Å². The molecule has 6 nitrogen and oxygen atoms in total. The van der Waals surface area contributed by atoms with Crippen molar-refractivity contribution in [3.8, 4) is 5.75 Å². The summed E-state index contributed by atoms with van der Waals surface area (Å²) in [5, 5.41) is 4.21. The Kier molecular flexibility index (Phi) is 4.38. The van der Waals surface area contributed by atoms with E-state index in [0.29, 0.717) is 37.1 Å². The summed E-state index contributed by atoms with van der Waals surface area (Å²) in [6.07, 6.45) is 3.87. The maximum absolute atomic E-state index is 12.9. The van der Waals surface area contributed by atoms with Crippen molar-refractivity contribution in [2.24, 2.45) is 5.92 Å². The number of aryl methyl sites for hydroxylation is 1. The van der Waals surface area contributed by atoms with Crippen molar-refractivity contribution in [2.45, 2.75) is 38.0 Å². The molecule has 1 aliphatic heterocycles. The zero-order valence-electron chi connectivity index (χ0n) is 14.8. The Morgan fingerprint density at radius 1 is 1.42 bits per heavy atom. The molecule has 138 valence electrons. The first-order chi connectivity index (χ1) is 12.6. The number of fused-ring (bicyclic) bond motifs is 1. The van der Waals surface area contributed by atoms with Gasteiger partial charge in [0.15, 0.2) is 12.4 Å². The normalized spacial score (nSPS) is 24.7. The van der Waals surface area contributed by atoms with Crippen LogP contribution in [-0.4, -0.2) is 40.6 Å². The van der Waals surface area contributed by atoms with E-state index >= 15 is 0 Å². The van der Waals surface area contributed by atoms with E-state index in [4.69, 9.17) is 9.26 Å². The van der Waals surface area contributed by atoms with Crippen molar-refractivity contribution in [2.75, 3.05) is 19.7 Å². The molecule has 1 saturated carbocycles. The fourth-order valence-corrected chi connectivity index (χ4v) is 4.21. The number of rotatable bonds is 5. The quantitative estimate of drug-likeness (QED) is 0.821. The molecule has 1 aromatic carbocycles. The van der Waals surface area contributed by atoms with Crippen LogP contribution in [0.4, 0.5) is 4.39 Å². The highest BCUT2D eigenvalue weighted by atomic mass is 19.1. The van der Waals surface area contributed by atoms with Crippen molar-refractivity contribution in [1.82, 2.24) is 15.0 Å². The summed E-state index contributed by atoms with van der Waals surface area (Å²) in [7, 11) is 0. The summed E-state index contributed by atoms with van der Waals surface area (Å²) in [6.45, 7) is 3.23. The van der Waals surface area contributed by atoms with E-state index in [1.165, 1.54) is 24.3 Å². The number of carbonyl (C=O) groups excluding carboxylic acids is 1. The van der Waals surface area contributed by atoms with Gasteiger partial charge in [-0.05, 0) is 43.0 Å². The predicted molar refractivity (Wildman–Crippen MR) is 91.2 cm³/mol. The van der Waals surface area contributed by atoms with Gasteiger partial charge < -0.3 is 14.2 Å². The minimum absolute atomic E-state index is 0.0547. The summed E-state index contributed by atoms with van der Waals surface area (Å²) in [4.78, 5) is 19.0. The number of ether oxygens (including phenoxy) is 1. The van der Waals surface area contributed by atoms with E-state index in [1.54, 1.807) is 0 Å². The third-order valence-corrected chi connectivity index (χ3v) is 5.62. The van der Waals surface area contributed by atoms with E-state index in [0.717, 1.165) is 25.1 Å². The molecule has 1 aromatic heterocycles. The highest BCUT2D eigenvalue weighted by molar-refractivity contribution is 5.78. The van der Waals surface area contributed by atoms with Crippen LogP contribution in [0.2, 0.25) is 0 Å². The molecule has 2 unspecified atom stereocenters. The molecule has 2 aromatic rings. The maximum Gasteiger partial charge on any atom is 0.260 e. The second-order valence-electron chi connectivity index (χ2n) is 7.13. The molecule has 0 bridgehead atoms. The topological polar surface area (TPSA) is 68.5 Å². The lowest BCUT2D eigenvalue weighted by Gasteiger charge is -2.24. The Bertz CT molecular complexity index is 792. The molecule has 0 radical (unpaired) electrons. The number of aromatic nitrogens is 2. The van der Waals surface area contributed by atoms with Crippen LogP contribution in [0.1, 0.15) is 37.9 Å². The van der Waals surface area contributed by atoms with E-state index < -0.39 is 0 Å². The summed E-state index contributed by atoms with van der Waals surface area (Å²) < 4.78 is 23.8. The number of amides is 1. The standard InChI is InChI=1S/C19H22FN3O3/c1-2-16-21-18(22-26-16)19-9-3-4-13(19)10-23(12-19)17(24)11-25-15-7-5-14(20)6-8-15/h5-8,13H,2-4,9-12H2,1H3. The van der Waals surface area contributed by atoms with Gasteiger partial charge in [-0.25, -0.2) is 4.39 Å². The zero-order valence-corrected chi connectivity index (χ0v) is 14.8. The van der Waals surface area contributed by atoms with Gasteiger partial charge in [-0.1, -0.05) is 18.5 Å². The molecular formula is C19H22FN3O3. The second-order valence-corrected chi connectivity index (χ2v) is 7.13. The van der Waals surface area contributed by atoms with Gasteiger partial charge in [0.2, 0.25) is 5.89 Å². The number of hydrogen-bond acceptors (Lipinski definition) is 5. The predicted octanol–water partition coefficient (Wildman–Crippen LogP) is 2.73. The lowest BCUT2D eigenvalue weighted by molar-refractivity contribution is -0.132. The molecule has 7 heteroatoms. The molecule has 26 heavy (non-hydrogen) atoms. The van der Waals surface area contributed by atoms with Crippen molar-refractivity contribution in [3.63, 3.8) is 0 Å². The number of nitrogens with zero attached hydrogens (tertiary/aromatic N) is 3. The number of hydrogen-bond donors (Lipinski definition) is 0. The molecule has 0 N–H and O–H groups in total. The Balaban J connectivity index is 1.44.